The molecule has 2 heterocycles. The van der Waals surface area contributed by atoms with Gasteiger partial charge in [-0.1, -0.05) is 6.07 Å². The molecule has 1 amide bonds. The summed E-state index contributed by atoms with van der Waals surface area (Å²) in [6, 6.07) is 6.66. The highest BCUT2D eigenvalue weighted by Gasteiger charge is 2.32. The zero-order chi connectivity index (χ0) is 15.5. The fraction of sp³-hybridized carbons (Fsp3) is 0.312. The quantitative estimate of drug-likeness (QED) is 0.940. The molecule has 0 radical (unpaired) electrons. The molecule has 1 N–H and O–H groups in total. The summed E-state index contributed by atoms with van der Waals surface area (Å²) in [6.45, 7) is 0.643. The molecule has 3 rings (SSSR count). The van der Waals surface area contributed by atoms with Gasteiger partial charge >= 0.3 is 0 Å². The zero-order valence-corrected chi connectivity index (χ0v) is 12.3. The first kappa shape index (κ1) is 14.3. The molecule has 0 spiro atoms. The Labute approximate surface area is 128 Å². The van der Waals surface area contributed by atoms with Crippen LogP contribution in [0.5, 0.6) is 11.5 Å². The first-order chi connectivity index (χ1) is 10.7. The van der Waals surface area contributed by atoms with Crippen LogP contribution in [0.2, 0.25) is 0 Å². The predicted molar refractivity (Wildman–Crippen MR) is 79.7 cm³/mol. The first-order valence-electron chi connectivity index (χ1n) is 7.15. The summed E-state index contributed by atoms with van der Waals surface area (Å²) in [5.41, 5.74) is 1.07. The van der Waals surface area contributed by atoms with Gasteiger partial charge in [0.15, 0.2) is 11.5 Å². The van der Waals surface area contributed by atoms with Crippen LogP contribution >= 0.6 is 0 Å². The molecule has 1 aliphatic rings. The SMILES string of the molecule is COc1cccc(C(=O)N2CCCC2c2ccncn2)c1O. The normalized spacial score (nSPS) is 17.5. The van der Waals surface area contributed by atoms with Gasteiger partial charge in [0.2, 0.25) is 0 Å². The number of amides is 1. The van der Waals surface area contributed by atoms with E-state index in [0.717, 1.165) is 18.5 Å². The average Bonchev–Trinajstić information content (AvgIpc) is 3.05. The number of hydrogen-bond acceptors (Lipinski definition) is 5. The van der Waals surface area contributed by atoms with Gasteiger partial charge < -0.3 is 14.7 Å². The first-order valence-corrected chi connectivity index (χ1v) is 7.15. The van der Waals surface area contributed by atoms with Crippen LogP contribution in [0, 0.1) is 0 Å². The van der Waals surface area contributed by atoms with E-state index in [1.165, 1.54) is 13.4 Å². The maximum absolute atomic E-state index is 12.8. The third-order valence-corrected chi connectivity index (χ3v) is 3.91. The van der Waals surface area contributed by atoms with Crippen molar-refractivity contribution in [3.63, 3.8) is 0 Å². The maximum Gasteiger partial charge on any atom is 0.258 e. The van der Waals surface area contributed by atoms with Crippen molar-refractivity contribution < 1.29 is 14.6 Å². The zero-order valence-electron chi connectivity index (χ0n) is 12.3. The van der Waals surface area contributed by atoms with Crippen molar-refractivity contribution in [2.45, 2.75) is 18.9 Å². The minimum absolute atomic E-state index is 0.0823. The van der Waals surface area contributed by atoms with E-state index in [0.29, 0.717) is 12.3 Å². The van der Waals surface area contributed by atoms with E-state index >= 15 is 0 Å². The van der Waals surface area contributed by atoms with Crippen LogP contribution in [0.3, 0.4) is 0 Å². The summed E-state index contributed by atoms with van der Waals surface area (Å²) < 4.78 is 5.07. The molecule has 2 aromatic rings. The van der Waals surface area contributed by atoms with Gasteiger partial charge in [-0.15, -0.1) is 0 Å². The van der Waals surface area contributed by atoms with Crippen LogP contribution in [0.15, 0.2) is 36.8 Å². The minimum Gasteiger partial charge on any atom is -0.504 e. The molecular weight excluding hydrogens is 282 g/mol. The minimum atomic E-state index is -0.211. The van der Waals surface area contributed by atoms with Crippen LogP contribution in [-0.2, 0) is 0 Å². The third kappa shape index (κ3) is 2.47. The lowest BCUT2D eigenvalue weighted by Crippen LogP contribution is -2.31. The molecule has 114 valence electrons. The van der Waals surface area contributed by atoms with E-state index in [1.54, 1.807) is 29.3 Å². The summed E-state index contributed by atoms with van der Waals surface area (Å²) >= 11 is 0. The Morgan fingerprint density at radius 2 is 2.27 bits per heavy atom. The van der Waals surface area contributed by atoms with E-state index in [4.69, 9.17) is 4.74 Å². The van der Waals surface area contributed by atoms with Gasteiger partial charge in [-0.3, -0.25) is 4.79 Å². The summed E-state index contributed by atoms with van der Waals surface area (Å²) in [6.07, 6.45) is 4.92. The molecule has 22 heavy (non-hydrogen) atoms. The van der Waals surface area contributed by atoms with E-state index in [-0.39, 0.29) is 23.3 Å². The summed E-state index contributed by atoms with van der Waals surface area (Å²) in [5, 5.41) is 10.2. The number of ether oxygens (including phenoxy) is 1. The number of methoxy groups -OCH3 is 1. The molecule has 0 saturated carbocycles. The number of nitrogens with zero attached hydrogens (tertiary/aromatic N) is 3. The number of phenolic OH excluding ortho intramolecular Hbond substituents is 1. The van der Waals surface area contributed by atoms with Crippen LogP contribution in [-0.4, -0.2) is 39.5 Å². The van der Waals surface area contributed by atoms with Crippen LogP contribution in [0.4, 0.5) is 0 Å². The molecule has 1 aromatic heterocycles. The highest BCUT2D eigenvalue weighted by atomic mass is 16.5. The average molecular weight is 299 g/mol. The molecule has 1 aromatic carbocycles. The van der Waals surface area contributed by atoms with Gasteiger partial charge in [0.25, 0.3) is 5.91 Å². The monoisotopic (exact) mass is 299 g/mol. The molecule has 6 heteroatoms. The fourth-order valence-electron chi connectivity index (χ4n) is 2.83. The second-order valence-corrected chi connectivity index (χ2v) is 5.15. The number of phenols is 1. The fourth-order valence-corrected chi connectivity index (χ4v) is 2.83. The van der Waals surface area contributed by atoms with Crippen LogP contribution in [0.25, 0.3) is 0 Å². The van der Waals surface area contributed by atoms with E-state index in [9.17, 15) is 9.90 Å². The van der Waals surface area contributed by atoms with E-state index in [1.807, 2.05) is 6.07 Å². The van der Waals surface area contributed by atoms with Crippen LogP contribution < -0.4 is 4.74 Å². The smallest absolute Gasteiger partial charge is 0.258 e. The van der Waals surface area contributed by atoms with Crippen molar-refractivity contribution in [1.29, 1.82) is 0 Å². The van der Waals surface area contributed by atoms with Crippen LogP contribution in [0.1, 0.15) is 34.9 Å². The van der Waals surface area contributed by atoms with Crippen molar-refractivity contribution in [3.05, 3.63) is 48.0 Å². The van der Waals surface area contributed by atoms with E-state index < -0.39 is 0 Å². The Morgan fingerprint density at radius 3 is 3.00 bits per heavy atom. The number of aromatic hydroxyl groups is 1. The van der Waals surface area contributed by atoms with Crippen molar-refractivity contribution in [2.24, 2.45) is 0 Å². The molecule has 1 saturated heterocycles. The van der Waals surface area contributed by atoms with Gasteiger partial charge in [0, 0.05) is 12.7 Å². The predicted octanol–water partition coefficient (Wildman–Crippen LogP) is 2.17. The number of rotatable bonds is 3. The largest absolute Gasteiger partial charge is 0.504 e. The molecule has 1 unspecified atom stereocenters. The number of benzene rings is 1. The molecule has 1 atom stereocenters. The van der Waals surface area contributed by atoms with Gasteiger partial charge in [-0.05, 0) is 31.0 Å². The summed E-state index contributed by atoms with van der Waals surface area (Å²) in [7, 11) is 1.46. The molecule has 0 bridgehead atoms. The molecular formula is C16H17N3O3. The Bertz CT molecular complexity index is 676. The highest BCUT2D eigenvalue weighted by Crippen LogP contribution is 2.35. The third-order valence-electron chi connectivity index (χ3n) is 3.91. The lowest BCUT2D eigenvalue weighted by atomic mass is 10.1. The summed E-state index contributed by atoms with van der Waals surface area (Å²) in [4.78, 5) is 22.7. The number of para-hydroxylation sites is 1. The lowest BCUT2D eigenvalue weighted by molar-refractivity contribution is 0.0729. The Balaban J connectivity index is 1.91. The molecule has 6 nitrogen and oxygen atoms in total. The van der Waals surface area contributed by atoms with Gasteiger partial charge in [0.1, 0.15) is 6.33 Å². The molecule has 1 aliphatic heterocycles. The number of likely N-dealkylation sites (tertiary alicyclic amines) is 1. The lowest BCUT2D eigenvalue weighted by Gasteiger charge is -2.24. The van der Waals surface area contributed by atoms with E-state index in [2.05, 4.69) is 9.97 Å². The highest BCUT2D eigenvalue weighted by molar-refractivity contribution is 5.98. The number of carbonyl (C=O) groups is 1. The van der Waals surface area contributed by atoms with Crippen molar-refractivity contribution in [1.82, 2.24) is 14.9 Å². The van der Waals surface area contributed by atoms with Gasteiger partial charge in [-0.25, -0.2) is 9.97 Å². The summed E-state index contributed by atoms with van der Waals surface area (Å²) in [5.74, 6) is -0.0375. The Hall–Kier alpha value is -2.63. The Morgan fingerprint density at radius 1 is 1.41 bits per heavy atom. The Kier molecular flexibility index (Phi) is 3.91. The number of aromatic nitrogens is 2. The topological polar surface area (TPSA) is 75.5 Å². The standard InChI is InChI=1S/C16H17N3O3/c1-22-14-6-2-4-11(15(14)20)16(21)19-9-3-5-13(19)12-7-8-17-10-18-12/h2,4,6-8,10,13,20H,3,5,9H2,1H3. The van der Waals surface area contributed by atoms with Gasteiger partial charge in [0.05, 0.1) is 24.4 Å². The molecule has 0 aliphatic carbocycles. The van der Waals surface area contributed by atoms with Crippen molar-refractivity contribution in [3.8, 4) is 11.5 Å². The number of carbonyl (C=O) groups excluding carboxylic acids is 1. The van der Waals surface area contributed by atoms with Crippen molar-refractivity contribution >= 4 is 5.91 Å². The maximum atomic E-state index is 12.8. The molecule has 1 fully saturated rings. The second kappa shape index (κ2) is 6.01. The second-order valence-electron chi connectivity index (χ2n) is 5.15. The van der Waals surface area contributed by atoms with Crippen molar-refractivity contribution in [2.75, 3.05) is 13.7 Å². The van der Waals surface area contributed by atoms with Gasteiger partial charge in [-0.2, -0.15) is 0 Å². The number of hydrogen-bond donors (Lipinski definition) is 1.